The van der Waals surface area contributed by atoms with Crippen LogP contribution in [0.3, 0.4) is 0 Å². The molecule has 0 spiro atoms. The minimum Gasteiger partial charge on any atom is -0.507 e. The van der Waals surface area contributed by atoms with E-state index in [1.165, 1.54) is 0 Å². The first-order valence-electron chi connectivity index (χ1n) is 6.60. The number of benzene rings is 1. The van der Waals surface area contributed by atoms with Crippen molar-refractivity contribution >= 4 is 17.6 Å². The van der Waals surface area contributed by atoms with Gasteiger partial charge in [-0.3, -0.25) is 0 Å². The maximum atomic E-state index is 13.5. The summed E-state index contributed by atoms with van der Waals surface area (Å²) in [5.41, 5.74) is -0.369. The maximum absolute atomic E-state index is 13.5. The smallest absolute Gasteiger partial charge is 0.349 e. The van der Waals surface area contributed by atoms with Crippen LogP contribution in [-0.4, -0.2) is 18.2 Å². The van der Waals surface area contributed by atoms with Gasteiger partial charge in [0.25, 0.3) is 0 Å². The average Bonchev–Trinajstić information content (AvgIpc) is 2.35. The van der Waals surface area contributed by atoms with Crippen molar-refractivity contribution in [1.29, 1.82) is 0 Å². The molecule has 0 aliphatic rings. The summed E-state index contributed by atoms with van der Waals surface area (Å²) in [4.78, 5) is 11.7. The maximum Gasteiger partial charge on any atom is 0.349 e. The van der Waals surface area contributed by atoms with Gasteiger partial charge in [0.15, 0.2) is 0 Å². The number of aryl methyl sites for hydroxylation is 1. The van der Waals surface area contributed by atoms with Crippen molar-refractivity contribution in [2.75, 3.05) is 7.11 Å². The second-order valence-corrected chi connectivity index (χ2v) is 5.84. The van der Waals surface area contributed by atoms with E-state index in [0.29, 0.717) is 23.5 Å². The average molecular weight is 321 g/mol. The van der Waals surface area contributed by atoms with Crippen LogP contribution < -0.4 is 0 Å². The third-order valence-electron chi connectivity index (χ3n) is 3.30. The van der Waals surface area contributed by atoms with Gasteiger partial charge in [-0.1, -0.05) is 13.8 Å². The molecule has 6 heteroatoms. The number of aromatic hydroxyl groups is 1. The number of phenolic OH excluding ortho intramolecular Hbond substituents is 1. The molecule has 0 aromatic heterocycles. The van der Waals surface area contributed by atoms with Gasteiger partial charge in [-0.25, -0.2) is 4.79 Å². The van der Waals surface area contributed by atoms with Gasteiger partial charge in [0.1, 0.15) is 11.3 Å². The molecule has 0 aliphatic heterocycles. The van der Waals surface area contributed by atoms with E-state index < -0.39 is 28.2 Å². The Morgan fingerprint density at radius 2 is 2.05 bits per heavy atom. The normalized spacial score (nSPS) is 11.8. The molecule has 0 aliphatic carbocycles. The first kappa shape index (κ1) is 17.7. The Hall–Kier alpha value is -1.36. The molecule has 0 bridgehead atoms. The van der Waals surface area contributed by atoms with Crippen LogP contribution in [0.1, 0.15) is 47.3 Å². The molecule has 0 fully saturated rings. The fourth-order valence-electron chi connectivity index (χ4n) is 2.12. The van der Waals surface area contributed by atoms with Crippen molar-refractivity contribution in [2.45, 2.75) is 39.0 Å². The number of phenols is 1. The molecule has 0 amide bonds. The lowest BCUT2D eigenvalue weighted by Gasteiger charge is -2.19. The summed E-state index contributed by atoms with van der Waals surface area (Å²) < 4.78 is 31.4. The van der Waals surface area contributed by atoms with Gasteiger partial charge in [0, 0.05) is 0 Å². The summed E-state index contributed by atoms with van der Waals surface area (Å²) in [6.45, 7) is 5.62. The molecule has 3 nitrogen and oxygen atoms in total. The molecule has 1 N–H and O–H groups in total. The van der Waals surface area contributed by atoms with Gasteiger partial charge in [0.2, 0.25) is 0 Å². The van der Waals surface area contributed by atoms with Crippen molar-refractivity contribution in [3.63, 3.8) is 0 Å². The van der Waals surface area contributed by atoms with Crippen molar-refractivity contribution in [3.8, 4) is 5.75 Å². The second-order valence-electron chi connectivity index (χ2n) is 5.37. The van der Waals surface area contributed by atoms with Gasteiger partial charge < -0.3 is 9.84 Å². The Morgan fingerprint density at radius 1 is 1.48 bits per heavy atom. The number of carbonyl (C=O) groups excluding carboxylic acids is 1. The zero-order valence-corrected chi connectivity index (χ0v) is 13.2. The predicted octanol–water partition coefficient (Wildman–Crippen LogP) is 4.36. The lowest BCUT2D eigenvalue weighted by Crippen LogP contribution is -2.15. The number of carbonyl (C=O) groups is 1. The first-order valence-corrected chi connectivity index (χ1v) is 6.98. The Labute approximate surface area is 127 Å². The lowest BCUT2D eigenvalue weighted by atomic mass is 9.92. The van der Waals surface area contributed by atoms with Gasteiger partial charge in [0.05, 0.1) is 12.7 Å². The molecule has 0 saturated heterocycles. The lowest BCUT2D eigenvalue weighted by molar-refractivity contribution is 0.0566. The summed E-state index contributed by atoms with van der Waals surface area (Å²) >= 11 is 5.04. The summed E-state index contributed by atoms with van der Waals surface area (Å²) in [5.74, 6) is -1.13. The highest BCUT2D eigenvalue weighted by Crippen LogP contribution is 2.41. The zero-order chi connectivity index (χ0) is 16.4. The number of alkyl halides is 3. The molecule has 0 unspecified atom stereocenters. The Balaban J connectivity index is 3.48. The first-order chi connectivity index (χ1) is 9.59. The second kappa shape index (κ2) is 6.60. The van der Waals surface area contributed by atoms with Gasteiger partial charge >= 0.3 is 11.4 Å². The van der Waals surface area contributed by atoms with Crippen LogP contribution >= 0.6 is 11.6 Å². The van der Waals surface area contributed by atoms with Gasteiger partial charge in [-0.05, 0) is 54.5 Å². The molecule has 0 atom stereocenters. The Bertz CT molecular complexity index is 537. The molecule has 1 aromatic rings. The largest absolute Gasteiger partial charge is 0.507 e. The monoisotopic (exact) mass is 320 g/mol. The van der Waals surface area contributed by atoms with E-state index in [1.54, 1.807) is 6.92 Å². The third kappa shape index (κ3) is 4.06. The van der Waals surface area contributed by atoms with E-state index in [-0.39, 0.29) is 0 Å². The fraction of sp³-hybridized carbons (Fsp3) is 0.533. The number of esters is 1. The summed E-state index contributed by atoms with van der Waals surface area (Å²) in [5, 5.41) is 6.47. The minimum absolute atomic E-state index is 0.375. The van der Waals surface area contributed by atoms with Crippen molar-refractivity contribution in [1.82, 2.24) is 0 Å². The molecule has 0 heterocycles. The molecular weight excluding hydrogens is 302 g/mol. The van der Waals surface area contributed by atoms with E-state index in [0.717, 1.165) is 19.6 Å². The highest BCUT2D eigenvalue weighted by molar-refractivity contribution is 6.22. The van der Waals surface area contributed by atoms with Crippen LogP contribution in [0.25, 0.3) is 0 Å². The van der Waals surface area contributed by atoms with Gasteiger partial charge in [-0.2, -0.15) is 8.78 Å². The highest BCUT2D eigenvalue weighted by Gasteiger charge is 2.36. The SMILES string of the molecule is COC(=O)c1c(C(F)(F)Cl)cc(C)c(CCC(C)C)c1O. The van der Waals surface area contributed by atoms with Gasteiger partial charge in [-0.15, -0.1) is 0 Å². The van der Waals surface area contributed by atoms with E-state index in [4.69, 9.17) is 11.6 Å². The highest BCUT2D eigenvalue weighted by atomic mass is 35.5. The predicted molar refractivity (Wildman–Crippen MR) is 77.1 cm³/mol. The van der Waals surface area contributed by atoms with Crippen LogP contribution in [-0.2, 0) is 16.5 Å². The molecule has 1 rings (SSSR count). The van der Waals surface area contributed by atoms with Crippen molar-refractivity contribution in [2.24, 2.45) is 5.92 Å². The standard InChI is InChI=1S/C15H19ClF2O3/c1-8(2)5-6-10-9(3)7-11(15(16,17)18)12(13(10)19)14(20)21-4/h7-8,19H,5-6H2,1-4H3. The number of hydrogen-bond donors (Lipinski definition) is 1. The quantitative estimate of drug-likeness (QED) is 0.647. The molecule has 118 valence electrons. The topological polar surface area (TPSA) is 46.5 Å². The van der Waals surface area contributed by atoms with E-state index in [2.05, 4.69) is 4.74 Å². The zero-order valence-electron chi connectivity index (χ0n) is 12.5. The van der Waals surface area contributed by atoms with Crippen molar-refractivity contribution in [3.05, 3.63) is 28.3 Å². The van der Waals surface area contributed by atoms with Crippen molar-refractivity contribution < 1.29 is 23.4 Å². The Kier molecular flexibility index (Phi) is 5.56. The van der Waals surface area contributed by atoms with Crippen LogP contribution in [0.15, 0.2) is 6.07 Å². The fourth-order valence-corrected chi connectivity index (χ4v) is 2.27. The molecular formula is C15H19ClF2O3. The molecule has 0 saturated carbocycles. The molecule has 21 heavy (non-hydrogen) atoms. The van der Waals surface area contributed by atoms with E-state index >= 15 is 0 Å². The summed E-state index contributed by atoms with van der Waals surface area (Å²) in [6, 6.07) is 1.13. The number of hydrogen-bond acceptors (Lipinski definition) is 3. The number of rotatable bonds is 5. The molecule has 1 aromatic carbocycles. The van der Waals surface area contributed by atoms with Crippen LogP contribution in [0.2, 0.25) is 0 Å². The number of halogens is 3. The van der Waals surface area contributed by atoms with E-state index in [9.17, 15) is 18.7 Å². The minimum atomic E-state index is -3.76. The molecule has 0 radical (unpaired) electrons. The number of ether oxygens (including phenoxy) is 1. The van der Waals surface area contributed by atoms with Crippen LogP contribution in [0, 0.1) is 12.8 Å². The summed E-state index contributed by atoms with van der Waals surface area (Å²) in [6.07, 6.45) is 1.24. The van der Waals surface area contributed by atoms with Crippen LogP contribution in [0.4, 0.5) is 8.78 Å². The Morgan fingerprint density at radius 3 is 2.48 bits per heavy atom. The van der Waals surface area contributed by atoms with E-state index in [1.807, 2.05) is 13.8 Å². The van der Waals surface area contributed by atoms with Crippen LogP contribution in [0.5, 0.6) is 5.75 Å². The number of methoxy groups -OCH3 is 1. The summed E-state index contributed by atoms with van der Waals surface area (Å²) in [7, 11) is 1.06. The third-order valence-corrected chi connectivity index (χ3v) is 3.50.